The number of carbonyl (C=O) groups excluding carboxylic acids is 1. The average Bonchev–Trinajstić information content (AvgIpc) is 3.35. The molecule has 4 rings (SSSR count). The number of hydrogen-bond acceptors (Lipinski definition) is 14. The van der Waals surface area contributed by atoms with E-state index < -0.39 is 104 Å². The number of methoxy groups -OCH3 is 1. The van der Waals surface area contributed by atoms with E-state index in [4.69, 9.17) is 51.2 Å². The molecule has 4 aliphatic rings. The Morgan fingerprint density at radius 3 is 1.89 bits per heavy atom. The first-order chi connectivity index (χ1) is 33.9. The van der Waals surface area contributed by atoms with Crippen molar-refractivity contribution in [3.63, 3.8) is 0 Å². The molecular formula is C57H109NO13Si3. The molecule has 74 heavy (non-hydrogen) atoms. The molecule has 17 heteroatoms. The van der Waals surface area contributed by atoms with Gasteiger partial charge in [-0.1, -0.05) is 107 Å². The number of unbranched alkanes of at least 4 members (excludes halogenated alkanes) is 1. The Hall–Kier alpha value is -0.879. The Labute approximate surface area is 453 Å². The molecule has 0 spiro atoms. The maximum Gasteiger partial charge on any atom is 0.308 e. The summed E-state index contributed by atoms with van der Waals surface area (Å²) in [6, 6.07) is -0.395. The maximum absolute atomic E-state index is 14.1. The zero-order valence-electron chi connectivity index (χ0n) is 51.0. The SMILES string of the molecule is CCCCO[C@@H]1[C@@H](C)O[C@H](O[C@@H]2[C@@H](N(C)C)[C@H](O[Si](C)(C)C(C)(C)C)[C@@H](O[C@H]3[C@H]4CC(O[Si](C)(C)C(C)(C)C)O[C@H](CC(=O)O[C@H](C)C/C=C/C=C/[C@H](O[Si](C)(C)C(C)(C)C)[C@H](C)C4)[C@@H]3OC)O[C@H]2C)C[C@]1(C)O. The van der Waals surface area contributed by atoms with Gasteiger partial charge >= 0.3 is 5.97 Å². The first-order valence-corrected chi connectivity index (χ1v) is 37.0. The number of ether oxygens (including phenoxy) is 8. The van der Waals surface area contributed by atoms with Gasteiger partial charge in [0.2, 0.25) is 0 Å². The highest BCUT2D eigenvalue weighted by atomic mass is 28.4. The highest BCUT2D eigenvalue weighted by Crippen LogP contribution is 2.46. The number of likely N-dealkylation sites (N-methyl/N-ethyl adjacent to an activating group) is 1. The number of nitrogens with zero attached hydrogens (tertiary/aromatic N) is 1. The summed E-state index contributed by atoms with van der Waals surface area (Å²) >= 11 is 0. The summed E-state index contributed by atoms with van der Waals surface area (Å²) in [4.78, 5) is 16.3. The van der Waals surface area contributed by atoms with Gasteiger partial charge in [0.1, 0.15) is 36.8 Å². The third-order valence-electron chi connectivity index (χ3n) is 17.6. The van der Waals surface area contributed by atoms with Crippen molar-refractivity contribution < 1.29 is 61.1 Å². The fourth-order valence-corrected chi connectivity index (χ4v) is 13.8. The number of rotatable bonds is 16. The second kappa shape index (κ2) is 26.1. The molecule has 0 amide bonds. The number of cyclic esters (lactones) is 1. The van der Waals surface area contributed by atoms with Gasteiger partial charge in [0.15, 0.2) is 37.5 Å². The molecule has 3 saturated heterocycles. The maximum atomic E-state index is 14.1. The number of hydrogen-bond donors (Lipinski definition) is 1. The standard InChI is InChI=1S/C57H109NO13Si3/c1-25-26-32-62-52-40(5)64-46(36-57(52,15)60)67-48-39(4)65-53(51(47(48)58(16)17)71-74(23,24)56(12,13)14)68-49-41-33-37(2)42(69-72(19,20)54(6,7)8)31-29-27-28-30-38(3)63-44(59)35-43(50(49)61-18)66-45(34-41)70-73(21,22)55(9,10)11/h27-29,31,37-43,45-53,60H,25-26,30,32-36H2,1-24H3/b28-27+,31-29+/t37-,38-,39+,40-,41-,42+,43-,45?,46-,47-,48+,49+,50+,51+,52-,53-,57+/m1/s1. The monoisotopic (exact) mass is 1100 g/mol. The molecule has 1 N–H and O–H groups in total. The van der Waals surface area contributed by atoms with Crippen LogP contribution in [0.4, 0.5) is 0 Å². The minimum absolute atomic E-state index is 0.00812. The quantitative estimate of drug-likeness (QED) is 0.0890. The molecule has 432 valence electrons. The molecule has 0 saturated carbocycles. The third kappa shape index (κ3) is 17.1. The van der Waals surface area contributed by atoms with Crippen LogP contribution in [0.2, 0.25) is 54.4 Å². The molecule has 4 aliphatic heterocycles. The second-order valence-electron chi connectivity index (χ2n) is 27.5. The van der Waals surface area contributed by atoms with Crippen molar-refractivity contribution in [1.29, 1.82) is 0 Å². The van der Waals surface area contributed by atoms with Crippen molar-refractivity contribution in [3.05, 3.63) is 24.3 Å². The minimum atomic E-state index is -2.59. The Bertz CT molecular complexity index is 1810. The first kappa shape index (κ1) is 65.6. The van der Waals surface area contributed by atoms with Gasteiger partial charge in [-0.05, 0) is 121 Å². The summed E-state index contributed by atoms with van der Waals surface area (Å²) < 4.78 is 76.8. The van der Waals surface area contributed by atoms with Crippen LogP contribution in [0, 0.1) is 11.8 Å². The Balaban J connectivity index is 1.92. The summed E-state index contributed by atoms with van der Waals surface area (Å²) in [6.45, 7) is 46.4. The van der Waals surface area contributed by atoms with Crippen LogP contribution in [-0.2, 0) is 56.0 Å². The van der Waals surface area contributed by atoms with Gasteiger partial charge in [0.05, 0.1) is 48.6 Å². The predicted molar refractivity (Wildman–Crippen MR) is 303 cm³/mol. The van der Waals surface area contributed by atoms with E-state index in [1.165, 1.54) is 0 Å². The topological polar surface area (TPSA) is 142 Å². The molecule has 0 aromatic heterocycles. The van der Waals surface area contributed by atoms with Gasteiger partial charge in [-0.25, -0.2) is 0 Å². The van der Waals surface area contributed by atoms with E-state index >= 15 is 0 Å². The van der Waals surface area contributed by atoms with Crippen LogP contribution in [0.25, 0.3) is 0 Å². The Kier molecular flexibility index (Phi) is 23.2. The summed E-state index contributed by atoms with van der Waals surface area (Å²) in [5.41, 5.74) is -1.20. The van der Waals surface area contributed by atoms with Crippen LogP contribution < -0.4 is 0 Å². The Morgan fingerprint density at radius 2 is 1.34 bits per heavy atom. The van der Waals surface area contributed by atoms with Crippen molar-refractivity contribution >= 4 is 30.9 Å². The lowest BCUT2D eigenvalue weighted by Crippen LogP contribution is -2.68. The smallest absolute Gasteiger partial charge is 0.308 e. The van der Waals surface area contributed by atoms with Crippen LogP contribution in [-0.4, -0.2) is 160 Å². The van der Waals surface area contributed by atoms with E-state index in [1.54, 1.807) is 7.11 Å². The van der Waals surface area contributed by atoms with Crippen LogP contribution in [0.15, 0.2) is 24.3 Å². The molecule has 0 radical (unpaired) electrons. The lowest BCUT2D eigenvalue weighted by molar-refractivity contribution is -0.343. The van der Waals surface area contributed by atoms with Crippen LogP contribution in [0.1, 0.15) is 149 Å². The predicted octanol–water partition coefficient (Wildman–Crippen LogP) is 11.9. The van der Waals surface area contributed by atoms with Crippen LogP contribution >= 0.6 is 0 Å². The number of fused-ring (bicyclic) bond motifs is 3. The normalized spacial score (nSPS) is 37.9. The van der Waals surface area contributed by atoms with Crippen LogP contribution in [0.5, 0.6) is 0 Å². The summed E-state index contributed by atoms with van der Waals surface area (Å²) in [7, 11) is -1.55. The molecule has 0 aliphatic carbocycles. The summed E-state index contributed by atoms with van der Waals surface area (Å²) in [6.07, 6.45) is 4.25. The van der Waals surface area contributed by atoms with Gasteiger partial charge in [0.25, 0.3) is 0 Å². The van der Waals surface area contributed by atoms with Crippen molar-refractivity contribution in [2.75, 3.05) is 27.8 Å². The van der Waals surface area contributed by atoms with Crippen molar-refractivity contribution in [2.24, 2.45) is 11.8 Å². The highest BCUT2D eigenvalue weighted by Gasteiger charge is 2.56. The highest BCUT2D eigenvalue weighted by molar-refractivity contribution is 6.75. The first-order valence-electron chi connectivity index (χ1n) is 28.2. The summed E-state index contributed by atoms with van der Waals surface area (Å²) in [5, 5.41) is 11.6. The largest absolute Gasteiger partial charge is 0.462 e. The van der Waals surface area contributed by atoms with E-state index in [-0.39, 0.29) is 58.0 Å². The lowest BCUT2D eigenvalue weighted by atomic mass is 9.83. The van der Waals surface area contributed by atoms with E-state index in [2.05, 4.69) is 132 Å². The van der Waals surface area contributed by atoms with E-state index in [0.29, 0.717) is 25.9 Å². The summed E-state index contributed by atoms with van der Waals surface area (Å²) in [5.74, 6) is -0.613. The van der Waals surface area contributed by atoms with E-state index in [9.17, 15) is 9.90 Å². The van der Waals surface area contributed by atoms with Crippen molar-refractivity contribution in [1.82, 2.24) is 4.90 Å². The number of allylic oxidation sites excluding steroid dienone is 2. The van der Waals surface area contributed by atoms with Gasteiger partial charge < -0.3 is 61.2 Å². The van der Waals surface area contributed by atoms with Crippen LogP contribution in [0.3, 0.4) is 0 Å². The number of carbonyl (C=O) groups is 1. The minimum Gasteiger partial charge on any atom is -0.462 e. The molecule has 0 aromatic rings. The fourth-order valence-electron chi connectivity index (χ4n) is 10.0. The molecule has 3 fully saturated rings. The molecule has 14 nitrogen and oxygen atoms in total. The zero-order valence-corrected chi connectivity index (χ0v) is 54.0. The molecule has 2 bridgehead atoms. The fraction of sp³-hybridized carbons (Fsp3) is 0.912. The molecule has 4 heterocycles. The zero-order chi connectivity index (χ0) is 56.2. The Morgan fingerprint density at radius 1 is 0.743 bits per heavy atom. The second-order valence-corrected chi connectivity index (χ2v) is 41.7. The third-order valence-corrected chi connectivity index (χ3v) is 31.0. The van der Waals surface area contributed by atoms with Crippen molar-refractivity contribution in [3.8, 4) is 0 Å². The van der Waals surface area contributed by atoms with Gasteiger partial charge in [-0.3, -0.25) is 4.79 Å². The molecule has 17 atom stereocenters. The molecular weight excluding hydrogens is 991 g/mol. The average molecular weight is 1100 g/mol. The van der Waals surface area contributed by atoms with Gasteiger partial charge in [-0.15, -0.1) is 0 Å². The van der Waals surface area contributed by atoms with Gasteiger partial charge in [0, 0.05) is 33.0 Å². The van der Waals surface area contributed by atoms with E-state index in [0.717, 1.165) is 12.8 Å². The number of aliphatic hydroxyl groups is 1. The van der Waals surface area contributed by atoms with Crippen molar-refractivity contribution in [2.45, 2.75) is 295 Å². The number of esters is 1. The van der Waals surface area contributed by atoms with E-state index in [1.807, 2.05) is 53.9 Å². The molecule has 1 unspecified atom stereocenters. The van der Waals surface area contributed by atoms with Gasteiger partial charge in [-0.2, -0.15) is 0 Å². The molecule has 0 aromatic carbocycles. The lowest BCUT2D eigenvalue weighted by Gasteiger charge is -2.53.